The standard InChI is InChI=1S/C15H22N2/c1-2-4-13(5-3-1)8-10-17-11-9-16-15(12-17)14-6-7-14/h1-5,14-16H,6-12H2. The molecule has 1 heterocycles. The summed E-state index contributed by atoms with van der Waals surface area (Å²) in [7, 11) is 0. The first-order chi connectivity index (χ1) is 8.42. The lowest BCUT2D eigenvalue weighted by atomic mass is 10.1. The lowest BCUT2D eigenvalue weighted by Crippen LogP contribution is -2.52. The summed E-state index contributed by atoms with van der Waals surface area (Å²) >= 11 is 0. The van der Waals surface area contributed by atoms with Gasteiger partial charge in [0.25, 0.3) is 0 Å². The van der Waals surface area contributed by atoms with Crippen LogP contribution in [0.25, 0.3) is 0 Å². The molecular formula is C15H22N2. The molecule has 1 saturated heterocycles. The maximum absolute atomic E-state index is 3.67. The van der Waals surface area contributed by atoms with E-state index in [9.17, 15) is 0 Å². The fourth-order valence-electron chi connectivity index (χ4n) is 2.79. The highest BCUT2D eigenvalue weighted by Gasteiger charge is 2.33. The summed E-state index contributed by atoms with van der Waals surface area (Å²) < 4.78 is 0. The molecule has 1 N–H and O–H groups in total. The molecule has 1 unspecified atom stereocenters. The second kappa shape index (κ2) is 5.19. The summed E-state index contributed by atoms with van der Waals surface area (Å²) in [5.41, 5.74) is 1.47. The van der Waals surface area contributed by atoms with Crippen molar-refractivity contribution in [2.45, 2.75) is 25.3 Å². The molecule has 1 aliphatic carbocycles. The van der Waals surface area contributed by atoms with E-state index in [1.165, 1.54) is 51.0 Å². The highest BCUT2D eigenvalue weighted by molar-refractivity contribution is 5.14. The van der Waals surface area contributed by atoms with Crippen molar-refractivity contribution in [1.82, 2.24) is 10.2 Å². The molecule has 1 aromatic rings. The molecule has 0 amide bonds. The smallest absolute Gasteiger partial charge is 0.0223 e. The normalized spacial score (nSPS) is 26.0. The van der Waals surface area contributed by atoms with E-state index in [0.717, 1.165) is 12.0 Å². The highest BCUT2D eigenvalue weighted by atomic mass is 15.2. The number of benzene rings is 1. The Balaban J connectivity index is 1.48. The maximum atomic E-state index is 3.67. The van der Waals surface area contributed by atoms with Gasteiger partial charge in [-0.3, -0.25) is 0 Å². The van der Waals surface area contributed by atoms with Gasteiger partial charge in [0, 0.05) is 32.2 Å². The third kappa shape index (κ3) is 3.08. The van der Waals surface area contributed by atoms with Crippen LogP contribution in [0.4, 0.5) is 0 Å². The predicted molar refractivity (Wildman–Crippen MR) is 71.1 cm³/mol. The van der Waals surface area contributed by atoms with Crippen molar-refractivity contribution in [2.75, 3.05) is 26.2 Å². The predicted octanol–water partition coefficient (Wildman–Crippen LogP) is 1.91. The molecule has 1 aromatic carbocycles. The van der Waals surface area contributed by atoms with E-state index in [4.69, 9.17) is 0 Å². The molecule has 0 spiro atoms. The summed E-state index contributed by atoms with van der Waals surface area (Å²) in [5.74, 6) is 0.981. The first-order valence-electron chi connectivity index (χ1n) is 6.91. The fourth-order valence-corrected chi connectivity index (χ4v) is 2.79. The zero-order valence-corrected chi connectivity index (χ0v) is 10.4. The zero-order chi connectivity index (χ0) is 11.5. The average Bonchev–Trinajstić information content (AvgIpc) is 3.22. The Kier molecular flexibility index (Phi) is 3.44. The Morgan fingerprint density at radius 2 is 2.00 bits per heavy atom. The Morgan fingerprint density at radius 1 is 1.18 bits per heavy atom. The minimum atomic E-state index is 0.777. The Bertz CT molecular complexity index is 345. The second-order valence-corrected chi connectivity index (χ2v) is 5.43. The van der Waals surface area contributed by atoms with Crippen molar-refractivity contribution in [1.29, 1.82) is 0 Å². The third-order valence-corrected chi connectivity index (χ3v) is 4.04. The van der Waals surface area contributed by atoms with Gasteiger partial charge in [-0.15, -0.1) is 0 Å². The maximum Gasteiger partial charge on any atom is 0.0223 e. The van der Waals surface area contributed by atoms with Gasteiger partial charge in [-0.2, -0.15) is 0 Å². The SMILES string of the molecule is c1ccc(CCN2CCNC(C3CC3)C2)cc1. The van der Waals surface area contributed by atoms with Crippen molar-refractivity contribution in [3.8, 4) is 0 Å². The average molecular weight is 230 g/mol. The molecule has 3 rings (SSSR count). The molecule has 0 bridgehead atoms. The van der Waals surface area contributed by atoms with Crippen LogP contribution in [0.5, 0.6) is 0 Å². The lowest BCUT2D eigenvalue weighted by molar-refractivity contribution is 0.190. The number of rotatable bonds is 4. The molecule has 0 aromatic heterocycles. The van der Waals surface area contributed by atoms with Crippen LogP contribution in [0.1, 0.15) is 18.4 Å². The molecule has 2 fully saturated rings. The van der Waals surface area contributed by atoms with Crippen molar-refractivity contribution < 1.29 is 0 Å². The summed E-state index contributed by atoms with van der Waals surface area (Å²) in [5, 5.41) is 3.67. The minimum absolute atomic E-state index is 0.777. The van der Waals surface area contributed by atoms with E-state index >= 15 is 0 Å². The lowest BCUT2D eigenvalue weighted by Gasteiger charge is -2.33. The van der Waals surface area contributed by atoms with Gasteiger partial charge >= 0.3 is 0 Å². The molecule has 1 aliphatic heterocycles. The van der Waals surface area contributed by atoms with E-state index < -0.39 is 0 Å². The van der Waals surface area contributed by atoms with E-state index in [0.29, 0.717) is 0 Å². The van der Waals surface area contributed by atoms with Crippen molar-refractivity contribution in [3.05, 3.63) is 35.9 Å². The van der Waals surface area contributed by atoms with Crippen LogP contribution in [0.15, 0.2) is 30.3 Å². The summed E-state index contributed by atoms with van der Waals surface area (Å²) in [6, 6.07) is 11.6. The van der Waals surface area contributed by atoms with Crippen LogP contribution in [0, 0.1) is 5.92 Å². The van der Waals surface area contributed by atoms with Gasteiger partial charge in [-0.25, -0.2) is 0 Å². The molecule has 2 aliphatic rings. The van der Waals surface area contributed by atoms with Gasteiger partial charge in [0.1, 0.15) is 0 Å². The molecule has 1 atom stereocenters. The zero-order valence-electron chi connectivity index (χ0n) is 10.4. The summed E-state index contributed by atoms with van der Waals surface area (Å²) in [6.07, 6.45) is 4.09. The van der Waals surface area contributed by atoms with E-state index in [1.807, 2.05) is 0 Å². The van der Waals surface area contributed by atoms with Crippen molar-refractivity contribution >= 4 is 0 Å². The van der Waals surface area contributed by atoms with Gasteiger partial charge in [0.2, 0.25) is 0 Å². The Labute approximate surface area is 104 Å². The number of nitrogens with one attached hydrogen (secondary N) is 1. The molecule has 92 valence electrons. The number of nitrogens with zero attached hydrogens (tertiary/aromatic N) is 1. The molecule has 2 heteroatoms. The Hall–Kier alpha value is -0.860. The van der Waals surface area contributed by atoms with Crippen LogP contribution in [0.2, 0.25) is 0 Å². The Morgan fingerprint density at radius 3 is 2.76 bits per heavy atom. The van der Waals surface area contributed by atoms with Crippen molar-refractivity contribution in [3.63, 3.8) is 0 Å². The number of hydrogen-bond donors (Lipinski definition) is 1. The molecule has 1 saturated carbocycles. The topological polar surface area (TPSA) is 15.3 Å². The van der Waals surface area contributed by atoms with Gasteiger partial charge in [0.05, 0.1) is 0 Å². The van der Waals surface area contributed by atoms with E-state index in [2.05, 4.69) is 40.5 Å². The summed E-state index contributed by atoms with van der Waals surface area (Å²) in [4.78, 5) is 2.63. The van der Waals surface area contributed by atoms with Crippen molar-refractivity contribution in [2.24, 2.45) is 5.92 Å². The molecule has 0 radical (unpaired) electrons. The quantitative estimate of drug-likeness (QED) is 0.850. The first kappa shape index (κ1) is 11.2. The minimum Gasteiger partial charge on any atom is -0.311 e. The number of piperazine rings is 1. The van der Waals surface area contributed by atoms with Crippen LogP contribution in [-0.4, -0.2) is 37.1 Å². The third-order valence-electron chi connectivity index (χ3n) is 4.04. The largest absolute Gasteiger partial charge is 0.311 e. The van der Waals surface area contributed by atoms with Gasteiger partial charge in [-0.1, -0.05) is 30.3 Å². The van der Waals surface area contributed by atoms with Gasteiger partial charge in [0.15, 0.2) is 0 Å². The van der Waals surface area contributed by atoms with Gasteiger partial charge < -0.3 is 10.2 Å². The number of hydrogen-bond acceptors (Lipinski definition) is 2. The molecular weight excluding hydrogens is 208 g/mol. The summed E-state index contributed by atoms with van der Waals surface area (Å²) in [6.45, 7) is 4.87. The monoisotopic (exact) mass is 230 g/mol. The van der Waals surface area contributed by atoms with E-state index in [-0.39, 0.29) is 0 Å². The molecule has 17 heavy (non-hydrogen) atoms. The van der Waals surface area contributed by atoms with Gasteiger partial charge in [-0.05, 0) is 30.7 Å². The molecule has 2 nitrogen and oxygen atoms in total. The first-order valence-corrected chi connectivity index (χ1v) is 6.91. The second-order valence-electron chi connectivity index (χ2n) is 5.43. The van der Waals surface area contributed by atoms with E-state index in [1.54, 1.807) is 0 Å². The van der Waals surface area contributed by atoms with Crippen LogP contribution in [-0.2, 0) is 6.42 Å². The van der Waals surface area contributed by atoms with Crippen LogP contribution in [0.3, 0.4) is 0 Å². The fraction of sp³-hybridized carbons (Fsp3) is 0.600. The van der Waals surface area contributed by atoms with Crippen LogP contribution < -0.4 is 5.32 Å². The highest BCUT2D eigenvalue weighted by Crippen LogP contribution is 2.33. The van der Waals surface area contributed by atoms with Crippen LogP contribution >= 0.6 is 0 Å².